The van der Waals surface area contributed by atoms with Crippen molar-refractivity contribution in [1.29, 1.82) is 0 Å². The van der Waals surface area contributed by atoms with Gasteiger partial charge in [-0.15, -0.1) is 0 Å². The van der Waals surface area contributed by atoms with Crippen molar-refractivity contribution in [2.45, 2.75) is 38.0 Å². The number of hydrogen-bond acceptors (Lipinski definition) is 1. The third-order valence-corrected chi connectivity index (χ3v) is 3.79. The van der Waals surface area contributed by atoms with Gasteiger partial charge in [0.1, 0.15) is 5.78 Å². The lowest BCUT2D eigenvalue weighted by Crippen LogP contribution is -2.08. The topological polar surface area (TPSA) is 17.1 Å². The van der Waals surface area contributed by atoms with Crippen LogP contribution in [0.5, 0.6) is 0 Å². The second kappa shape index (κ2) is 4.09. The van der Waals surface area contributed by atoms with Crippen LogP contribution < -0.4 is 0 Å². The van der Waals surface area contributed by atoms with Crippen molar-refractivity contribution in [3.05, 3.63) is 34.3 Å². The van der Waals surface area contributed by atoms with E-state index in [0.29, 0.717) is 11.2 Å². The smallest absolute Gasteiger partial charge is 0.129 e. The number of carbonyl (C=O) groups excluding carboxylic acids is 1. The van der Waals surface area contributed by atoms with Crippen LogP contribution in [0.2, 0.25) is 0 Å². The predicted molar refractivity (Wildman–Crippen MR) is 65.0 cm³/mol. The number of rotatable bonds is 4. The fourth-order valence-corrected chi connectivity index (χ4v) is 2.32. The van der Waals surface area contributed by atoms with E-state index < -0.39 is 0 Å². The van der Waals surface area contributed by atoms with Gasteiger partial charge < -0.3 is 4.79 Å². The zero-order valence-electron chi connectivity index (χ0n) is 8.92. The molecule has 0 heterocycles. The van der Waals surface area contributed by atoms with Crippen molar-refractivity contribution < 1.29 is 4.79 Å². The minimum atomic E-state index is 0.304. The van der Waals surface area contributed by atoms with E-state index in [-0.39, 0.29) is 0 Å². The summed E-state index contributed by atoms with van der Waals surface area (Å²) in [5.74, 6) is 0.304. The van der Waals surface area contributed by atoms with Gasteiger partial charge in [0.15, 0.2) is 0 Å². The Kier molecular flexibility index (Phi) is 2.96. The Bertz CT molecular complexity index is 363. The van der Waals surface area contributed by atoms with Crippen LogP contribution in [0, 0.1) is 0 Å². The highest BCUT2D eigenvalue weighted by atomic mass is 79.9. The molecule has 1 saturated carbocycles. The molecule has 2 heteroatoms. The highest BCUT2D eigenvalue weighted by Gasteiger charge is 2.43. The molecule has 0 spiro atoms. The summed E-state index contributed by atoms with van der Waals surface area (Å²) in [4.78, 5) is 11.0. The molecule has 0 amide bonds. The summed E-state index contributed by atoms with van der Waals surface area (Å²) in [6.07, 6.45) is 4.21. The molecule has 1 fully saturated rings. The maximum absolute atomic E-state index is 11.0. The molecule has 2 rings (SSSR count). The molecule has 0 saturated heterocycles. The van der Waals surface area contributed by atoms with E-state index in [2.05, 4.69) is 40.2 Å². The second-order valence-electron chi connectivity index (χ2n) is 4.49. The molecule has 0 unspecified atom stereocenters. The lowest BCUT2D eigenvalue weighted by atomic mass is 9.90. The van der Waals surface area contributed by atoms with Gasteiger partial charge in [0.05, 0.1) is 0 Å². The average Bonchev–Trinajstić information content (AvgIpc) is 2.97. The molecule has 80 valence electrons. The van der Waals surface area contributed by atoms with Gasteiger partial charge in [0.2, 0.25) is 0 Å². The number of hydrogen-bond donors (Lipinski definition) is 0. The molecule has 0 aliphatic heterocycles. The number of carbonyl (C=O) groups is 1. The molecule has 0 aromatic heterocycles. The maximum Gasteiger partial charge on any atom is 0.129 e. The van der Waals surface area contributed by atoms with Crippen LogP contribution in [0.4, 0.5) is 0 Å². The highest BCUT2D eigenvalue weighted by Crippen LogP contribution is 2.51. The summed E-state index contributed by atoms with van der Waals surface area (Å²) < 4.78 is 1.12. The normalized spacial score (nSPS) is 17.5. The molecule has 15 heavy (non-hydrogen) atoms. The Balaban J connectivity index is 2.09. The second-order valence-corrected chi connectivity index (χ2v) is 5.40. The zero-order valence-corrected chi connectivity index (χ0v) is 10.5. The number of benzene rings is 1. The zero-order chi connectivity index (χ0) is 10.9. The van der Waals surface area contributed by atoms with E-state index in [1.165, 1.54) is 18.4 Å². The van der Waals surface area contributed by atoms with Crippen LogP contribution in [0.15, 0.2) is 28.7 Å². The highest BCUT2D eigenvalue weighted by molar-refractivity contribution is 9.10. The Hall–Kier alpha value is -0.630. The van der Waals surface area contributed by atoms with Crippen LogP contribution >= 0.6 is 15.9 Å². The molecule has 1 aliphatic carbocycles. The van der Waals surface area contributed by atoms with Crippen molar-refractivity contribution in [3.8, 4) is 0 Å². The third kappa shape index (κ3) is 2.49. The summed E-state index contributed by atoms with van der Waals surface area (Å²) in [5, 5.41) is 0. The van der Waals surface area contributed by atoms with E-state index >= 15 is 0 Å². The molecule has 1 aromatic carbocycles. The first-order valence-electron chi connectivity index (χ1n) is 5.38. The molecular formula is C13H15BrO. The standard InChI is InChI=1S/C13H15BrO/c1-10(15)6-7-13(8-9-13)11-2-4-12(14)5-3-11/h2-5H,6-9H2,1H3. The van der Waals surface area contributed by atoms with E-state index in [0.717, 1.165) is 17.3 Å². The third-order valence-electron chi connectivity index (χ3n) is 3.27. The summed E-state index contributed by atoms with van der Waals surface area (Å²) in [7, 11) is 0. The van der Waals surface area contributed by atoms with Crippen LogP contribution in [0.3, 0.4) is 0 Å². The fraction of sp³-hybridized carbons (Fsp3) is 0.462. The lowest BCUT2D eigenvalue weighted by Gasteiger charge is -2.14. The largest absolute Gasteiger partial charge is 0.300 e. The minimum absolute atomic E-state index is 0.304. The summed E-state index contributed by atoms with van der Waals surface area (Å²) in [6.45, 7) is 1.68. The molecule has 0 bridgehead atoms. The molecule has 0 radical (unpaired) electrons. The van der Waals surface area contributed by atoms with Crippen LogP contribution in [0.1, 0.15) is 38.2 Å². The Morgan fingerprint density at radius 2 is 1.93 bits per heavy atom. The first-order chi connectivity index (χ1) is 7.12. The van der Waals surface area contributed by atoms with Crippen molar-refractivity contribution in [3.63, 3.8) is 0 Å². The van der Waals surface area contributed by atoms with E-state index in [4.69, 9.17) is 0 Å². The van der Waals surface area contributed by atoms with Gasteiger partial charge in [-0.25, -0.2) is 0 Å². The van der Waals surface area contributed by atoms with E-state index in [9.17, 15) is 4.79 Å². The van der Waals surface area contributed by atoms with Gasteiger partial charge >= 0.3 is 0 Å². The molecular weight excluding hydrogens is 252 g/mol. The van der Waals surface area contributed by atoms with Crippen molar-refractivity contribution in [2.75, 3.05) is 0 Å². The maximum atomic E-state index is 11.0. The SMILES string of the molecule is CC(=O)CCC1(c2ccc(Br)cc2)CC1. The van der Waals surface area contributed by atoms with Gasteiger partial charge in [-0.3, -0.25) is 0 Å². The number of ketones is 1. The van der Waals surface area contributed by atoms with Crippen molar-refractivity contribution in [2.24, 2.45) is 0 Å². The minimum Gasteiger partial charge on any atom is -0.300 e. The number of halogens is 1. The van der Waals surface area contributed by atoms with E-state index in [1.54, 1.807) is 6.92 Å². The van der Waals surface area contributed by atoms with Crippen molar-refractivity contribution >= 4 is 21.7 Å². The lowest BCUT2D eigenvalue weighted by molar-refractivity contribution is -0.117. The van der Waals surface area contributed by atoms with Gasteiger partial charge in [-0.1, -0.05) is 28.1 Å². The molecule has 1 aromatic rings. The Morgan fingerprint density at radius 1 is 1.33 bits per heavy atom. The van der Waals surface area contributed by atoms with Crippen LogP contribution in [-0.2, 0) is 10.2 Å². The average molecular weight is 267 g/mol. The molecule has 1 aliphatic rings. The Labute approximate surface area is 99.0 Å². The van der Waals surface area contributed by atoms with Gasteiger partial charge in [-0.05, 0) is 49.3 Å². The fourth-order valence-electron chi connectivity index (χ4n) is 2.05. The first kappa shape index (κ1) is 10.9. The quantitative estimate of drug-likeness (QED) is 0.809. The van der Waals surface area contributed by atoms with Crippen LogP contribution in [-0.4, -0.2) is 5.78 Å². The number of Topliss-reactive ketones (excluding diaryl/α,β-unsaturated/α-hetero) is 1. The summed E-state index contributed by atoms with van der Waals surface area (Å²) in [5.41, 5.74) is 1.72. The Morgan fingerprint density at radius 3 is 2.40 bits per heavy atom. The molecule has 0 atom stereocenters. The summed E-state index contributed by atoms with van der Waals surface area (Å²) >= 11 is 3.44. The summed E-state index contributed by atoms with van der Waals surface area (Å²) in [6, 6.07) is 8.53. The van der Waals surface area contributed by atoms with Crippen LogP contribution in [0.25, 0.3) is 0 Å². The monoisotopic (exact) mass is 266 g/mol. The first-order valence-corrected chi connectivity index (χ1v) is 6.17. The molecule has 1 nitrogen and oxygen atoms in total. The van der Waals surface area contributed by atoms with Crippen molar-refractivity contribution in [1.82, 2.24) is 0 Å². The van der Waals surface area contributed by atoms with Gasteiger partial charge in [0.25, 0.3) is 0 Å². The molecule has 0 N–H and O–H groups in total. The van der Waals surface area contributed by atoms with Gasteiger partial charge in [-0.2, -0.15) is 0 Å². The van der Waals surface area contributed by atoms with E-state index in [1.807, 2.05) is 0 Å². The van der Waals surface area contributed by atoms with Gasteiger partial charge in [0, 0.05) is 10.9 Å². The predicted octanol–water partition coefficient (Wildman–Crippen LogP) is 3.85.